The zero-order valence-electron chi connectivity index (χ0n) is 31.3. The highest BCUT2D eigenvalue weighted by molar-refractivity contribution is 5.70. The lowest BCUT2D eigenvalue weighted by atomic mass is 9.89. The Kier molecular flexibility index (Phi) is 16.3. The molecule has 50 heavy (non-hydrogen) atoms. The number of quaternary nitrogens is 1. The summed E-state index contributed by atoms with van der Waals surface area (Å²) in [5.74, 6) is -0.985. The molecule has 12 heteroatoms. The number of hydrogen-bond acceptors (Lipinski definition) is 9. The number of hydrogen-bond donors (Lipinski definition) is 2. The molecule has 0 aromatic carbocycles. The Morgan fingerprint density at radius 1 is 1.18 bits per heavy atom. The molecule has 2 amide bonds. The third-order valence-corrected chi connectivity index (χ3v) is 10.4. The van der Waals surface area contributed by atoms with E-state index in [0.717, 1.165) is 37.7 Å². The van der Waals surface area contributed by atoms with Gasteiger partial charge in [-0.1, -0.05) is 57.9 Å². The van der Waals surface area contributed by atoms with Gasteiger partial charge in [-0.25, -0.2) is 9.59 Å². The van der Waals surface area contributed by atoms with Crippen molar-refractivity contribution < 1.29 is 43.5 Å². The second kappa shape index (κ2) is 19.6. The highest BCUT2D eigenvalue weighted by Crippen LogP contribution is 2.30. The van der Waals surface area contributed by atoms with Crippen molar-refractivity contribution in [1.29, 1.82) is 0 Å². The molecular formula is C38H63N3O9. The summed E-state index contributed by atoms with van der Waals surface area (Å²) in [6, 6.07) is 0.0827. The van der Waals surface area contributed by atoms with Gasteiger partial charge in [-0.15, -0.1) is 0 Å². The predicted octanol–water partition coefficient (Wildman–Crippen LogP) is 5.86. The van der Waals surface area contributed by atoms with E-state index in [1.165, 1.54) is 12.8 Å². The fourth-order valence-corrected chi connectivity index (χ4v) is 7.00. The average molecular weight is 706 g/mol. The number of ether oxygens (including phenoxy) is 3. The molecule has 0 aromatic rings. The van der Waals surface area contributed by atoms with Crippen molar-refractivity contribution in [3.8, 4) is 0 Å². The number of esters is 1. The molecule has 2 aliphatic heterocycles. The molecule has 2 heterocycles. The van der Waals surface area contributed by atoms with Crippen molar-refractivity contribution in [1.82, 2.24) is 9.80 Å². The van der Waals surface area contributed by atoms with Crippen molar-refractivity contribution in [3.05, 3.63) is 41.2 Å². The number of aliphatic hydroxyl groups excluding tert-OH is 1. The molecule has 1 aliphatic carbocycles. The molecule has 1 saturated heterocycles. The predicted molar refractivity (Wildman–Crippen MR) is 192 cm³/mol. The summed E-state index contributed by atoms with van der Waals surface area (Å²) in [6.07, 6.45) is 12.4. The first-order valence-corrected chi connectivity index (χ1v) is 18.7. The Morgan fingerprint density at radius 3 is 2.48 bits per heavy atom. The van der Waals surface area contributed by atoms with Gasteiger partial charge in [0.25, 0.3) is 0 Å². The number of aliphatic hydroxyl groups is 2. The van der Waals surface area contributed by atoms with Crippen LogP contribution in [0.25, 0.3) is 0 Å². The van der Waals surface area contributed by atoms with Gasteiger partial charge >= 0.3 is 18.2 Å². The van der Waals surface area contributed by atoms with Crippen molar-refractivity contribution in [3.63, 3.8) is 0 Å². The van der Waals surface area contributed by atoms with Crippen LogP contribution in [0, 0.1) is 17.0 Å². The van der Waals surface area contributed by atoms with Crippen LogP contribution in [0.1, 0.15) is 98.8 Å². The molecule has 0 aromatic heterocycles. The minimum Gasteiger partial charge on any atom is -0.632 e. The van der Waals surface area contributed by atoms with Crippen molar-refractivity contribution in [2.24, 2.45) is 11.8 Å². The molecule has 12 nitrogen and oxygen atoms in total. The zero-order chi connectivity index (χ0) is 36.9. The summed E-state index contributed by atoms with van der Waals surface area (Å²) >= 11 is 0. The third kappa shape index (κ3) is 12.7. The Morgan fingerprint density at radius 2 is 1.84 bits per heavy atom. The summed E-state index contributed by atoms with van der Waals surface area (Å²) in [7, 11) is 1.70. The summed E-state index contributed by atoms with van der Waals surface area (Å²) < 4.78 is 16.9. The van der Waals surface area contributed by atoms with Gasteiger partial charge in [-0.3, -0.25) is 9.69 Å². The van der Waals surface area contributed by atoms with Gasteiger partial charge in [0, 0.05) is 25.4 Å². The number of hydroxylamine groups is 3. The molecule has 3 aliphatic rings. The second-order valence-electron chi connectivity index (χ2n) is 15.0. The molecule has 2 N–H and O–H groups in total. The maximum atomic E-state index is 13.7. The Hall–Kier alpha value is -2.93. The van der Waals surface area contributed by atoms with E-state index < -0.39 is 36.0 Å². The molecule has 0 spiro atoms. The van der Waals surface area contributed by atoms with Crippen LogP contribution >= 0.6 is 0 Å². The van der Waals surface area contributed by atoms with Gasteiger partial charge in [0.2, 0.25) is 0 Å². The van der Waals surface area contributed by atoms with Gasteiger partial charge in [0.1, 0.15) is 11.7 Å². The van der Waals surface area contributed by atoms with Crippen LogP contribution in [0.2, 0.25) is 0 Å². The number of nitrogens with zero attached hydrogens (tertiary/aromatic N) is 3. The second-order valence-corrected chi connectivity index (χ2v) is 15.0. The number of piperazine rings is 1. The smallest absolute Gasteiger partial charge is 0.410 e. The summed E-state index contributed by atoms with van der Waals surface area (Å²) in [5, 5.41) is 35.9. The lowest BCUT2D eigenvalue weighted by Gasteiger charge is -2.53. The fraction of sp³-hybridized carbons (Fsp3) is 0.763. The van der Waals surface area contributed by atoms with Crippen LogP contribution in [0.4, 0.5) is 9.59 Å². The average Bonchev–Trinajstić information content (AvgIpc) is 3.37. The van der Waals surface area contributed by atoms with Gasteiger partial charge < -0.3 is 39.2 Å². The highest BCUT2D eigenvalue weighted by Gasteiger charge is 2.39. The maximum Gasteiger partial charge on any atom is 0.410 e. The molecule has 3 rings (SSSR count). The number of allylic oxidation sites excluding steroid dienone is 2. The van der Waals surface area contributed by atoms with E-state index in [0.29, 0.717) is 32.7 Å². The molecule has 1 saturated carbocycles. The van der Waals surface area contributed by atoms with Crippen LogP contribution in [-0.2, 0) is 19.0 Å². The number of carbonyl (C=O) groups excluding carboxylic acids is 3. The molecule has 2 fully saturated rings. The number of carbonyl (C=O) groups is 3. The van der Waals surface area contributed by atoms with E-state index in [4.69, 9.17) is 14.2 Å². The molecule has 284 valence electrons. The third-order valence-electron chi connectivity index (χ3n) is 10.4. The lowest BCUT2D eigenvalue weighted by molar-refractivity contribution is -0.909. The minimum atomic E-state index is -1.53. The van der Waals surface area contributed by atoms with Crippen LogP contribution < -0.4 is 0 Å². The molecule has 0 unspecified atom stereocenters. The summed E-state index contributed by atoms with van der Waals surface area (Å²) in [5.41, 5.74) is -0.787. The van der Waals surface area contributed by atoms with Crippen LogP contribution in [0.15, 0.2) is 36.0 Å². The Balaban J connectivity index is 1.70. The summed E-state index contributed by atoms with van der Waals surface area (Å²) in [4.78, 5) is 41.5. The monoisotopic (exact) mass is 705 g/mol. The first-order valence-electron chi connectivity index (χ1n) is 18.7. The Labute approximate surface area is 299 Å². The largest absolute Gasteiger partial charge is 0.632 e. The first-order chi connectivity index (χ1) is 23.6. The van der Waals surface area contributed by atoms with Crippen LogP contribution in [0.3, 0.4) is 0 Å². The minimum absolute atomic E-state index is 0.0530. The van der Waals surface area contributed by atoms with Gasteiger partial charge in [0.05, 0.1) is 51.4 Å². The molecule has 6 atom stereocenters. The SMILES string of the molecule is CCCN(C)C(=O)OC[C@H](C)/C=C/C=C(\C)[C@H]1OC(=O)C[C@H](O)CC[C@@](C)(O)[C@@H](OC(=O)N2CC[N+]([O-])(C3CCCCCC3)CC2)/C=C/[C@@H]1C. The number of cyclic esters (lactones) is 1. The maximum absolute atomic E-state index is 13.7. The standard InChI is InChI=1S/C38H63N3O9/c1-7-21-39(6)36(44)48-27-28(2)13-12-14-29(3)35-30(4)17-18-33(38(5,46)20-19-32(42)26-34(43)50-35)49-37(45)40-22-24-41(47,25-23-40)31-15-10-8-9-11-16-31/h12-14,17-18,28,30-33,35,42,46H,7-11,15-16,19-27H2,1-6H3/b13-12+,18-17+,29-14+/t28-,30+,32-,33+,35-,38-/m1/s1. The quantitative estimate of drug-likeness (QED) is 0.0572. The van der Waals surface area contributed by atoms with E-state index in [9.17, 15) is 29.8 Å². The van der Waals surface area contributed by atoms with E-state index in [1.54, 1.807) is 35.9 Å². The van der Waals surface area contributed by atoms with Crippen molar-refractivity contribution in [2.45, 2.75) is 129 Å². The van der Waals surface area contributed by atoms with E-state index >= 15 is 0 Å². The van der Waals surface area contributed by atoms with E-state index in [1.807, 2.05) is 45.9 Å². The van der Waals surface area contributed by atoms with E-state index in [2.05, 4.69) is 0 Å². The molecule has 0 bridgehead atoms. The number of amides is 2. The van der Waals surface area contributed by atoms with Crippen molar-refractivity contribution in [2.75, 3.05) is 46.4 Å². The lowest BCUT2D eigenvalue weighted by Crippen LogP contribution is -2.61. The van der Waals surface area contributed by atoms with Gasteiger partial charge in [-0.05, 0) is 70.4 Å². The van der Waals surface area contributed by atoms with Crippen LogP contribution in [-0.4, -0.2) is 119 Å². The highest BCUT2D eigenvalue weighted by atomic mass is 16.6. The Bertz CT molecular complexity index is 1190. The topological polar surface area (TPSA) is 149 Å². The first kappa shape index (κ1) is 41.5. The van der Waals surface area contributed by atoms with Gasteiger partial charge in [0.15, 0.2) is 6.10 Å². The molecular weight excluding hydrogens is 642 g/mol. The van der Waals surface area contributed by atoms with Crippen LogP contribution in [0.5, 0.6) is 0 Å². The number of rotatable bonds is 9. The normalized spacial score (nSPS) is 30.3. The summed E-state index contributed by atoms with van der Waals surface area (Å²) in [6.45, 7) is 11.3. The fourth-order valence-electron chi connectivity index (χ4n) is 7.00. The van der Waals surface area contributed by atoms with Gasteiger partial charge in [-0.2, -0.15) is 0 Å². The molecule has 0 radical (unpaired) electrons. The van der Waals surface area contributed by atoms with Crippen molar-refractivity contribution >= 4 is 18.2 Å². The van der Waals surface area contributed by atoms with E-state index in [-0.39, 0.29) is 54.5 Å². The zero-order valence-corrected chi connectivity index (χ0v) is 31.3.